The number of methoxy groups -OCH3 is 1. The third-order valence-corrected chi connectivity index (χ3v) is 2.60. The summed E-state index contributed by atoms with van der Waals surface area (Å²) in [5, 5.41) is 0. The Morgan fingerprint density at radius 3 is 2.61 bits per heavy atom. The number of benzene rings is 1. The molecule has 2 rings (SSSR count). The first-order chi connectivity index (χ1) is 8.72. The summed E-state index contributed by atoms with van der Waals surface area (Å²) in [6.07, 6.45) is 3.35. The SMILES string of the molecule is COc1ccccc1N=C(C)c1nccnc1C. The average Bonchev–Trinajstić information content (AvgIpc) is 2.39. The molecule has 0 amide bonds. The van der Waals surface area contributed by atoms with E-state index in [0.717, 1.165) is 28.5 Å². The molecule has 4 heteroatoms. The van der Waals surface area contributed by atoms with Gasteiger partial charge >= 0.3 is 0 Å². The van der Waals surface area contributed by atoms with E-state index < -0.39 is 0 Å². The molecule has 0 saturated heterocycles. The zero-order valence-electron chi connectivity index (χ0n) is 10.7. The summed E-state index contributed by atoms with van der Waals surface area (Å²) in [5.41, 5.74) is 3.30. The molecule has 0 spiro atoms. The molecule has 18 heavy (non-hydrogen) atoms. The largest absolute Gasteiger partial charge is 0.494 e. The highest BCUT2D eigenvalue weighted by atomic mass is 16.5. The van der Waals surface area contributed by atoms with Gasteiger partial charge in [-0.15, -0.1) is 0 Å². The third kappa shape index (κ3) is 2.53. The van der Waals surface area contributed by atoms with E-state index in [2.05, 4.69) is 15.0 Å². The van der Waals surface area contributed by atoms with Gasteiger partial charge in [-0.3, -0.25) is 9.97 Å². The van der Waals surface area contributed by atoms with Gasteiger partial charge in [0.1, 0.15) is 17.1 Å². The van der Waals surface area contributed by atoms with Crippen LogP contribution in [0.4, 0.5) is 5.69 Å². The number of aliphatic imine (C=N–C) groups is 1. The molecule has 0 aliphatic heterocycles. The first kappa shape index (κ1) is 12.2. The number of rotatable bonds is 3. The molecule has 92 valence electrons. The van der Waals surface area contributed by atoms with Crippen molar-refractivity contribution in [2.75, 3.05) is 7.11 Å². The van der Waals surface area contributed by atoms with Gasteiger partial charge in [-0.2, -0.15) is 0 Å². The first-order valence-electron chi connectivity index (χ1n) is 5.68. The molecule has 1 heterocycles. The van der Waals surface area contributed by atoms with Crippen LogP contribution in [0.15, 0.2) is 41.7 Å². The molecule has 0 radical (unpaired) electrons. The Morgan fingerprint density at radius 2 is 1.89 bits per heavy atom. The standard InChI is InChI=1S/C14H15N3O/c1-10-14(16-9-8-15-10)11(2)17-12-6-4-5-7-13(12)18-3/h4-9H,1-3H3. The van der Waals surface area contributed by atoms with Crippen molar-refractivity contribution in [1.29, 1.82) is 0 Å². The number of hydrogen-bond donors (Lipinski definition) is 0. The van der Waals surface area contributed by atoms with Gasteiger partial charge in [-0.1, -0.05) is 12.1 Å². The molecule has 0 fully saturated rings. The van der Waals surface area contributed by atoms with Crippen LogP contribution in [0.5, 0.6) is 5.75 Å². The van der Waals surface area contributed by atoms with Crippen molar-refractivity contribution in [3.8, 4) is 5.75 Å². The van der Waals surface area contributed by atoms with E-state index in [1.54, 1.807) is 19.5 Å². The molecule has 0 aliphatic rings. The zero-order valence-corrected chi connectivity index (χ0v) is 10.7. The number of hydrogen-bond acceptors (Lipinski definition) is 4. The average molecular weight is 241 g/mol. The van der Waals surface area contributed by atoms with Gasteiger partial charge in [0.2, 0.25) is 0 Å². The van der Waals surface area contributed by atoms with Gasteiger partial charge in [0.15, 0.2) is 0 Å². The van der Waals surface area contributed by atoms with Crippen molar-refractivity contribution in [2.24, 2.45) is 4.99 Å². The van der Waals surface area contributed by atoms with Crippen molar-refractivity contribution in [3.63, 3.8) is 0 Å². The summed E-state index contributed by atoms with van der Waals surface area (Å²) >= 11 is 0. The van der Waals surface area contributed by atoms with E-state index in [9.17, 15) is 0 Å². The fourth-order valence-electron chi connectivity index (χ4n) is 1.72. The van der Waals surface area contributed by atoms with Crippen molar-refractivity contribution in [2.45, 2.75) is 13.8 Å². The maximum atomic E-state index is 5.27. The smallest absolute Gasteiger partial charge is 0.144 e. The third-order valence-electron chi connectivity index (χ3n) is 2.60. The number of aryl methyl sites for hydroxylation is 1. The maximum absolute atomic E-state index is 5.27. The fourth-order valence-corrected chi connectivity index (χ4v) is 1.72. The highest BCUT2D eigenvalue weighted by molar-refractivity contribution is 5.99. The van der Waals surface area contributed by atoms with Crippen LogP contribution in [0.3, 0.4) is 0 Å². The van der Waals surface area contributed by atoms with Gasteiger partial charge in [0.05, 0.1) is 18.5 Å². The molecule has 0 bridgehead atoms. The van der Waals surface area contributed by atoms with Crippen LogP contribution >= 0.6 is 0 Å². The first-order valence-corrected chi connectivity index (χ1v) is 5.68. The number of nitrogens with zero attached hydrogens (tertiary/aromatic N) is 3. The van der Waals surface area contributed by atoms with Crippen LogP contribution < -0.4 is 4.74 Å². The summed E-state index contributed by atoms with van der Waals surface area (Å²) in [4.78, 5) is 13.1. The minimum atomic E-state index is 0.749. The lowest BCUT2D eigenvalue weighted by molar-refractivity contribution is 0.416. The van der Waals surface area contributed by atoms with Crippen LogP contribution in [0.25, 0.3) is 0 Å². The van der Waals surface area contributed by atoms with Crippen LogP contribution in [0.2, 0.25) is 0 Å². The number of aromatic nitrogens is 2. The van der Waals surface area contributed by atoms with E-state index in [1.165, 1.54) is 0 Å². The highest BCUT2D eigenvalue weighted by Crippen LogP contribution is 2.27. The van der Waals surface area contributed by atoms with Crippen LogP contribution in [0.1, 0.15) is 18.3 Å². The van der Waals surface area contributed by atoms with Crippen LogP contribution in [-0.2, 0) is 0 Å². The van der Waals surface area contributed by atoms with E-state index in [4.69, 9.17) is 4.74 Å². The van der Waals surface area contributed by atoms with Gasteiger partial charge in [0.25, 0.3) is 0 Å². The summed E-state index contributed by atoms with van der Waals surface area (Å²) < 4.78 is 5.27. The summed E-state index contributed by atoms with van der Waals surface area (Å²) in [6, 6.07) is 7.64. The Hall–Kier alpha value is -2.23. The van der Waals surface area contributed by atoms with Gasteiger partial charge in [-0.05, 0) is 26.0 Å². The van der Waals surface area contributed by atoms with Gasteiger partial charge < -0.3 is 4.74 Å². The number of ether oxygens (including phenoxy) is 1. The minimum Gasteiger partial charge on any atom is -0.494 e. The predicted molar refractivity (Wildman–Crippen MR) is 71.6 cm³/mol. The van der Waals surface area contributed by atoms with E-state index in [1.807, 2.05) is 38.1 Å². The second-order valence-electron chi connectivity index (χ2n) is 3.86. The van der Waals surface area contributed by atoms with Crippen molar-refractivity contribution < 1.29 is 4.74 Å². The Kier molecular flexibility index (Phi) is 3.67. The van der Waals surface area contributed by atoms with Crippen LogP contribution in [0, 0.1) is 6.92 Å². The molecule has 0 atom stereocenters. The lowest BCUT2D eigenvalue weighted by Crippen LogP contribution is -2.03. The molecular formula is C14H15N3O. The van der Waals surface area contributed by atoms with E-state index >= 15 is 0 Å². The van der Waals surface area contributed by atoms with E-state index in [-0.39, 0.29) is 0 Å². The topological polar surface area (TPSA) is 47.4 Å². The van der Waals surface area contributed by atoms with Gasteiger partial charge in [0, 0.05) is 12.4 Å². The Bertz CT molecular complexity index is 579. The Morgan fingerprint density at radius 1 is 1.17 bits per heavy atom. The molecule has 0 N–H and O–H groups in total. The second kappa shape index (κ2) is 5.40. The molecule has 0 saturated carbocycles. The molecule has 1 aromatic heterocycles. The molecule has 0 aliphatic carbocycles. The minimum absolute atomic E-state index is 0.749. The molecule has 4 nitrogen and oxygen atoms in total. The normalized spacial score (nSPS) is 11.4. The van der Waals surface area contributed by atoms with Gasteiger partial charge in [-0.25, -0.2) is 4.99 Å². The molecular weight excluding hydrogens is 226 g/mol. The van der Waals surface area contributed by atoms with Crippen molar-refractivity contribution in [1.82, 2.24) is 9.97 Å². The second-order valence-corrected chi connectivity index (χ2v) is 3.86. The predicted octanol–water partition coefficient (Wildman–Crippen LogP) is 2.93. The van der Waals surface area contributed by atoms with Crippen molar-refractivity contribution in [3.05, 3.63) is 48.0 Å². The molecule has 0 unspecified atom stereocenters. The highest BCUT2D eigenvalue weighted by Gasteiger charge is 2.06. The monoisotopic (exact) mass is 241 g/mol. The zero-order chi connectivity index (χ0) is 13.0. The molecule has 2 aromatic rings. The lowest BCUT2D eigenvalue weighted by atomic mass is 10.2. The molecule has 1 aromatic carbocycles. The Labute approximate surface area is 106 Å². The Balaban J connectivity index is 2.42. The summed E-state index contributed by atoms with van der Waals surface area (Å²) in [7, 11) is 1.64. The summed E-state index contributed by atoms with van der Waals surface area (Å²) in [5.74, 6) is 0.749. The fraction of sp³-hybridized carbons (Fsp3) is 0.214. The lowest BCUT2D eigenvalue weighted by Gasteiger charge is -2.06. The van der Waals surface area contributed by atoms with Crippen LogP contribution in [-0.4, -0.2) is 22.8 Å². The maximum Gasteiger partial charge on any atom is 0.144 e. The van der Waals surface area contributed by atoms with Crippen molar-refractivity contribution >= 4 is 11.4 Å². The summed E-state index contributed by atoms with van der Waals surface area (Å²) in [6.45, 7) is 3.84. The quantitative estimate of drug-likeness (QED) is 0.776. The number of para-hydroxylation sites is 2. The van der Waals surface area contributed by atoms with E-state index in [0.29, 0.717) is 0 Å².